The van der Waals surface area contributed by atoms with Gasteiger partial charge in [0.05, 0.1) is 12.0 Å². The first-order chi connectivity index (χ1) is 8.95. The maximum atomic E-state index is 12.1. The number of amides is 1. The second-order valence-electron chi connectivity index (χ2n) is 4.76. The van der Waals surface area contributed by atoms with Gasteiger partial charge in [-0.15, -0.1) is 0 Å². The van der Waals surface area contributed by atoms with Gasteiger partial charge in [-0.1, -0.05) is 13.8 Å². The lowest BCUT2D eigenvalue weighted by Gasteiger charge is -2.28. The predicted octanol–water partition coefficient (Wildman–Crippen LogP) is 1.65. The molecule has 1 rings (SSSR count). The van der Waals surface area contributed by atoms with Crippen LogP contribution in [-0.2, 0) is 16.1 Å². The summed E-state index contributed by atoms with van der Waals surface area (Å²) < 4.78 is 0. The number of aromatic amines is 1. The predicted molar refractivity (Wildman–Crippen MR) is 70.3 cm³/mol. The number of hydrogen-bond donors (Lipinski definition) is 2. The van der Waals surface area contributed by atoms with Crippen molar-refractivity contribution in [1.82, 2.24) is 14.9 Å². The number of carbonyl (C=O) groups excluding carboxylic acids is 1. The first-order valence-corrected chi connectivity index (χ1v) is 6.40. The van der Waals surface area contributed by atoms with E-state index in [9.17, 15) is 14.7 Å². The number of carboxylic acids is 1. The molecule has 0 radical (unpaired) electrons. The normalized spacial score (nSPS) is 11.3. The fourth-order valence-corrected chi connectivity index (χ4v) is 2.00. The Balaban J connectivity index is 2.69. The van der Waals surface area contributed by atoms with Crippen LogP contribution in [0.25, 0.3) is 0 Å². The number of imidazole rings is 1. The van der Waals surface area contributed by atoms with Gasteiger partial charge in [0.1, 0.15) is 5.82 Å². The molecule has 106 valence electrons. The van der Waals surface area contributed by atoms with Gasteiger partial charge in [0.25, 0.3) is 0 Å². The molecular weight excluding hydrogens is 246 g/mol. The molecule has 0 saturated heterocycles. The zero-order valence-corrected chi connectivity index (χ0v) is 11.6. The summed E-state index contributed by atoms with van der Waals surface area (Å²) in [5.41, 5.74) is -0.964. The van der Waals surface area contributed by atoms with E-state index in [4.69, 9.17) is 0 Å². The molecule has 6 nitrogen and oxygen atoms in total. The van der Waals surface area contributed by atoms with E-state index in [1.807, 2.05) is 0 Å². The molecule has 0 atom stereocenters. The Kier molecular flexibility index (Phi) is 5.09. The monoisotopic (exact) mass is 267 g/mol. The van der Waals surface area contributed by atoms with Crippen LogP contribution in [-0.4, -0.2) is 38.9 Å². The number of aliphatic carboxylic acids is 1. The summed E-state index contributed by atoms with van der Waals surface area (Å²) in [6.07, 6.45) is 4.21. The zero-order chi connectivity index (χ0) is 14.5. The van der Waals surface area contributed by atoms with E-state index >= 15 is 0 Å². The van der Waals surface area contributed by atoms with E-state index < -0.39 is 11.4 Å². The van der Waals surface area contributed by atoms with Gasteiger partial charge in [-0.3, -0.25) is 9.59 Å². The van der Waals surface area contributed by atoms with Gasteiger partial charge in [-0.25, -0.2) is 4.98 Å². The van der Waals surface area contributed by atoms with Crippen LogP contribution >= 0.6 is 0 Å². The summed E-state index contributed by atoms with van der Waals surface area (Å²) >= 11 is 0. The summed E-state index contributed by atoms with van der Waals surface area (Å²) in [5, 5.41) is 9.32. The third kappa shape index (κ3) is 3.56. The summed E-state index contributed by atoms with van der Waals surface area (Å²) in [4.78, 5) is 32.0. The highest BCUT2D eigenvalue weighted by Crippen LogP contribution is 2.31. The first kappa shape index (κ1) is 15.2. The molecule has 19 heavy (non-hydrogen) atoms. The van der Waals surface area contributed by atoms with Gasteiger partial charge < -0.3 is 15.0 Å². The minimum absolute atomic E-state index is 0.0204. The van der Waals surface area contributed by atoms with Gasteiger partial charge in [-0.2, -0.15) is 0 Å². The second-order valence-corrected chi connectivity index (χ2v) is 4.76. The Labute approximate surface area is 112 Å². The largest absolute Gasteiger partial charge is 0.481 e. The topological polar surface area (TPSA) is 86.3 Å². The van der Waals surface area contributed by atoms with Crippen molar-refractivity contribution in [3.8, 4) is 0 Å². The number of aromatic nitrogens is 2. The van der Waals surface area contributed by atoms with Crippen molar-refractivity contribution in [1.29, 1.82) is 0 Å². The first-order valence-electron chi connectivity index (χ1n) is 6.40. The van der Waals surface area contributed by atoms with Gasteiger partial charge in [0.2, 0.25) is 5.91 Å². The van der Waals surface area contributed by atoms with Crippen molar-refractivity contribution in [3.05, 3.63) is 18.2 Å². The summed E-state index contributed by atoms with van der Waals surface area (Å²) in [6, 6.07) is 0. The van der Waals surface area contributed by atoms with Gasteiger partial charge >= 0.3 is 5.97 Å². The van der Waals surface area contributed by atoms with E-state index in [-0.39, 0.29) is 12.3 Å². The van der Waals surface area contributed by atoms with Crippen LogP contribution < -0.4 is 0 Å². The Morgan fingerprint density at radius 2 is 2.05 bits per heavy atom. The van der Waals surface area contributed by atoms with E-state index in [1.54, 1.807) is 33.3 Å². The molecule has 1 heterocycles. The molecule has 0 spiro atoms. The molecule has 0 aliphatic rings. The zero-order valence-electron chi connectivity index (χ0n) is 11.6. The molecule has 0 unspecified atom stereocenters. The van der Waals surface area contributed by atoms with E-state index in [0.717, 1.165) is 0 Å². The van der Waals surface area contributed by atoms with Crippen molar-refractivity contribution in [3.63, 3.8) is 0 Å². The van der Waals surface area contributed by atoms with Crippen LogP contribution in [0.1, 0.15) is 38.9 Å². The molecule has 0 saturated carbocycles. The van der Waals surface area contributed by atoms with Gasteiger partial charge in [-0.05, 0) is 12.8 Å². The third-order valence-electron chi connectivity index (χ3n) is 3.66. The van der Waals surface area contributed by atoms with Crippen molar-refractivity contribution < 1.29 is 14.7 Å². The van der Waals surface area contributed by atoms with E-state index in [2.05, 4.69) is 9.97 Å². The molecule has 0 bridgehead atoms. The second kappa shape index (κ2) is 6.36. The lowest BCUT2D eigenvalue weighted by Crippen LogP contribution is -2.37. The smallest absolute Gasteiger partial charge is 0.310 e. The highest BCUT2D eigenvalue weighted by molar-refractivity contribution is 5.84. The maximum Gasteiger partial charge on any atom is 0.310 e. The maximum absolute atomic E-state index is 12.1. The Morgan fingerprint density at radius 1 is 1.42 bits per heavy atom. The SMILES string of the molecule is CCC(CC)(CC(=O)N(C)Cc1ncc[nH]1)C(=O)O. The number of nitrogens with one attached hydrogen (secondary N) is 1. The average molecular weight is 267 g/mol. The van der Waals surface area contributed by atoms with Crippen molar-refractivity contribution in [2.75, 3.05) is 7.05 Å². The van der Waals surface area contributed by atoms with Crippen molar-refractivity contribution in [2.45, 2.75) is 39.7 Å². The Bertz CT molecular complexity index is 424. The number of rotatable bonds is 7. The number of H-pyrrole nitrogens is 1. The summed E-state index contributed by atoms with van der Waals surface area (Å²) in [6.45, 7) is 3.96. The van der Waals surface area contributed by atoms with Crippen LogP contribution in [0.5, 0.6) is 0 Å². The number of carbonyl (C=O) groups is 2. The number of hydrogen-bond acceptors (Lipinski definition) is 3. The number of nitrogens with zero attached hydrogens (tertiary/aromatic N) is 2. The van der Waals surface area contributed by atoms with Gasteiger partial charge in [0, 0.05) is 25.9 Å². The third-order valence-corrected chi connectivity index (χ3v) is 3.66. The van der Waals surface area contributed by atoms with E-state index in [0.29, 0.717) is 25.2 Å². The molecule has 2 N–H and O–H groups in total. The minimum Gasteiger partial charge on any atom is -0.481 e. The van der Waals surface area contributed by atoms with Crippen LogP contribution in [0, 0.1) is 5.41 Å². The Morgan fingerprint density at radius 3 is 2.47 bits per heavy atom. The quantitative estimate of drug-likeness (QED) is 0.786. The molecule has 0 aromatic carbocycles. The minimum atomic E-state index is -0.964. The van der Waals surface area contributed by atoms with Crippen LogP contribution in [0.3, 0.4) is 0 Å². The van der Waals surface area contributed by atoms with Crippen LogP contribution in [0.15, 0.2) is 12.4 Å². The molecule has 1 aromatic heterocycles. The molecule has 0 fully saturated rings. The fraction of sp³-hybridized carbons (Fsp3) is 0.615. The number of carboxylic acid groups (broad SMARTS) is 1. The van der Waals surface area contributed by atoms with Crippen molar-refractivity contribution in [2.24, 2.45) is 5.41 Å². The highest BCUT2D eigenvalue weighted by Gasteiger charge is 2.37. The van der Waals surface area contributed by atoms with Crippen molar-refractivity contribution >= 4 is 11.9 Å². The van der Waals surface area contributed by atoms with Crippen LogP contribution in [0.4, 0.5) is 0 Å². The van der Waals surface area contributed by atoms with E-state index in [1.165, 1.54) is 4.90 Å². The standard InChI is InChI=1S/C13H21N3O3/c1-4-13(5-2,12(18)19)8-11(17)16(3)9-10-14-6-7-15-10/h6-7H,4-5,8-9H2,1-3H3,(H,14,15)(H,18,19). The van der Waals surface area contributed by atoms with Gasteiger partial charge in [0.15, 0.2) is 0 Å². The summed E-state index contributed by atoms with van der Waals surface area (Å²) in [7, 11) is 1.66. The molecule has 6 heteroatoms. The molecular formula is C13H21N3O3. The average Bonchev–Trinajstić information content (AvgIpc) is 2.88. The molecule has 1 amide bonds. The Hall–Kier alpha value is -1.85. The highest BCUT2D eigenvalue weighted by atomic mass is 16.4. The molecule has 0 aliphatic heterocycles. The lowest BCUT2D eigenvalue weighted by molar-refractivity contribution is -0.154. The molecule has 1 aromatic rings. The van der Waals surface area contributed by atoms with Crippen LogP contribution in [0.2, 0.25) is 0 Å². The molecule has 0 aliphatic carbocycles. The summed E-state index contributed by atoms with van der Waals surface area (Å²) in [5.74, 6) is -0.399. The fourth-order valence-electron chi connectivity index (χ4n) is 2.00. The lowest BCUT2D eigenvalue weighted by atomic mass is 9.79.